The van der Waals surface area contributed by atoms with Gasteiger partial charge in [0.2, 0.25) is 11.7 Å². The third-order valence-electron chi connectivity index (χ3n) is 2.76. The highest BCUT2D eigenvalue weighted by molar-refractivity contribution is 8.13. The first-order chi connectivity index (χ1) is 10.2. The monoisotopic (exact) mass is 341 g/mol. The van der Waals surface area contributed by atoms with Crippen LogP contribution in [0.1, 0.15) is 5.89 Å². The number of hydrogen-bond acceptors (Lipinski definition) is 8. The van der Waals surface area contributed by atoms with Crippen LogP contribution in [-0.2, 0) is 5.75 Å². The first-order valence-electron chi connectivity index (χ1n) is 6.21. The van der Waals surface area contributed by atoms with Gasteiger partial charge in [-0.1, -0.05) is 29.1 Å². The number of amidine groups is 1. The van der Waals surface area contributed by atoms with E-state index >= 15 is 0 Å². The van der Waals surface area contributed by atoms with Gasteiger partial charge in [-0.05, 0) is 0 Å². The van der Waals surface area contributed by atoms with Crippen LogP contribution < -0.4 is 5.32 Å². The molecule has 0 fully saturated rings. The molecule has 0 spiro atoms. The summed E-state index contributed by atoms with van der Waals surface area (Å²) in [7, 11) is 0. The van der Waals surface area contributed by atoms with Gasteiger partial charge in [0.25, 0.3) is 5.69 Å². The Morgan fingerprint density at radius 2 is 2.32 bits per heavy atom. The Balaban J connectivity index is 0.00000176. The fourth-order valence-electron chi connectivity index (χ4n) is 1.79. The number of rotatable bonds is 4. The maximum atomic E-state index is 10.8. The van der Waals surface area contributed by atoms with E-state index in [9.17, 15) is 10.1 Å². The summed E-state index contributed by atoms with van der Waals surface area (Å²) >= 11 is 1.49. The van der Waals surface area contributed by atoms with Crippen molar-refractivity contribution in [1.82, 2.24) is 15.5 Å². The van der Waals surface area contributed by atoms with E-state index in [4.69, 9.17) is 4.52 Å². The molecule has 0 unspecified atom stereocenters. The fraction of sp³-hybridized carbons (Fsp3) is 0.250. The largest absolute Gasteiger partial charge is 0.363 e. The number of nitro benzene ring substituents is 1. The summed E-state index contributed by atoms with van der Waals surface area (Å²) in [6, 6.07) is 6.14. The number of nitro groups is 1. The molecule has 1 aromatic heterocycles. The molecule has 1 aliphatic rings. The normalized spacial score (nSPS) is 13.2. The number of benzene rings is 1. The van der Waals surface area contributed by atoms with Gasteiger partial charge in [-0.2, -0.15) is 4.98 Å². The SMILES string of the molecule is Cl.O=[N+]([O-])c1cccc(-c2noc(CSC3=NCCN3)n2)c1. The smallest absolute Gasteiger partial charge is 0.270 e. The summed E-state index contributed by atoms with van der Waals surface area (Å²) in [5, 5.41) is 18.6. The molecule has 1 aromatic carbocycles. The second-order valence-electron chi connectivity index (χ2n) is 4.22. The lowest BCUT2D eigenvalue weighted by Crippen LogP contribution is -2.15. The maximum absolute atomic E-state index is 10.8. The van der Waals surface area contributed by atoms with Crippen LogP contribution in [0.2, 0.25) is 0 Å². The van der Waals surface area contributed by atoms with Crippen molar-refractivity contribution in [2.75, 3.05) is 13.1 Å². The maximum Gasteiger partial charge on any atom is 0.270 e. The lowest BCUT2D eigenvalue weighted by atomic mass is 10.2. The van der Waals surface area contributed by atoms with E-state index in [0.717, 1.165) is 18.3 Å². The molecule has 0 saturated carbocycles. The van der Waals surface area contributed by atoms with E-state index in [2.05, 4.69) is 20.4 Å². The Labute approximate surface area is 136 Å². The van der Waals surface area contributed by atoms with Crippen LogP contribution in [0.4, 0.5) is 5.69 Å². The minimum atomic E-state index is -0.454. The van der Waals surface area contributed by atoms with E-state index in [1.807, 2.05) is 0 Å². The molecule has 1 aliphatic heterocycles. The zero-order chi connectivity index (χ0) is 14.7. The van der Waals surface area contributed by atoms with Gasteiger partial charge in [-0.25, -0.2) is 0 Å². The summed E-state index contributed by atoms with van der Waals surface area (Å²) in [6.07, 6.45) is 0. The molecule has 0 atom stereocenters. The van der Waals surface area contributed by atoms with E-state index in [1.54, 1.807) is 12.1 Å². The molecule has 8 nitrogen and oxygen atoms in total. The van der Waals surface area contributed by atoms with Gasteiger partial charge in [0.05, 0.1) is 17.2 Å². The van der Waals surface area contributed by atoms with Gasteiger partial charge in [-0.15, -0.1) is 12.4 Å². The minimum Gasteiger partial charge on any atom is -0.363 e. The van der Waals surface area contributed by atoms with Crippen LogP contribution in [0.25, 0.3) is 11.4 Å². The summed E-state index contributed by atoms with van der Waals surface area (Å²) in [5.74, 6) is 1.31. The average Bonchev–Trinajstić information content (AvgIpc) is 3.17. The van der Waals surface area contributed by atoms with Crippen LogP contribution in [0.3, 0.4) is 0 Å². The molecule has 0 radical (unpaired) electrons. The van der Waals surface area contributed by atoms with Gasteiger partial charge in [0.1, 0.15) is 0 Å². The minimum absolute atomic E-state index is 0. The molecule has 0 amide bonds. The summed E-state index contributed by atoms with van der Waals surface area (Å²) in [6.45, 7) is 1.64. The molecule has 116 valence electrons. The number of aromatic nitrogens is 2. The number of nitrogens with one attached hydrogen (secondary N) is 1. The standard InChI is InChI=1S/C12H11N5O3S.ClH/c18-17(19)9-3-1-2-8(6-9)11-15-10(20-16-11)7-21-12-13-4-5-14-12;/h1-3,6H,4-5,7H2,(H,13,14);1H. The van der Waals surface area contributed by atoms with E-state index in [0.29, 0.717) is 23.0 Å². The Hall–Kier alpha value is -2.13. The van der Waals surface area contributed by atoms with Crippen molar-refractivity contribution in [3.8, 4) is 11.4 Å². The number of non-ortho nitro benzene ring substituents is 1. The quantitative estimate of drug-likeness (QED) is 0.671. The number of hydrogen-bond donors (Lipinski definition) is 1. The lowest BCUT2D eigenvalue weighted by molar-refractivity contribution is -0.384. The second-order valence-corrected chi connectivity index (χ2v) is 5.19. The van der Waals surface area contributed by atoms with Gasteiger partial charge < -0.3 is 9.84 Å². The van der Waals surface area contributed by atoms with Gasteiger partial charge in [0.15, 0.2) is 5.17 Å². The van der Waals surface area contributed by atoms with E-state index < -0.39 is 4.92 Å². The highest BCUT2D eigenvalue weighted by atomic mass is 35.5. The van der Waals surface area contributed by atoms with Crippen LogP contribution in [-0.4, -0.2) is 33.3 Å². The topological polar surface area (TPSA) is 106 Å². The number of thioether (sulfide) groups is 1. The van der Waals surface area contributed by atoms with Gasteiger partial charge >= 0.3 is 0 Å². The number of aliphatic imine (C=N–C) groups is 1. The third-order valence-corrected chi connectivity index (χ3v) is 3.70. The fourth-order valence-corrected chi connectivity index (χ4v) is 2.56. The molecule has 1 N–H and O–H groups in total. The Bertz CT molecular complexity index is 706. The predicted octanol–water partition coefficient (Wildman–Crippen LogP) is 2.26. The van der Waals surface area contributed by atoms with Gasteiger partial charge in [0, 0.05) is 24.2 Å². The van der Waals surface area contributed by atoms with Crippen molar-refractivity contribution in [3.05, 3.63) is 40.3 Å². The number of halogens is 1. The van der Waals surface area contributed by atoms with Crippen molar-refractivity contribution in [2.24, 2.45) is 4.99 Å². The van der Waals surface area contributed by atoms with Crippen molar-refractivity contribution in [3.63, 3.8) is 0 Å². The summed E-state index contributed by atoms with van der Waals surface area (Å²) in [5.41, 5.74) is 0.554. The first-order valence-corrected chi connectivity index (χ1v) is 7.19. The summed E-state index contributed by atoms with van der Waals surface area (Å²) in [4.78, 5) is 18.8. The zero-order valence-corrected chi connectivity index (χ0v) is 12.9. The number of nitrogens with zero attached hydrogens (tertiary/aromatic N) is 4. The predicted molar refractivity (Wildman–Crippen MR) is 85.2 cm³/mol. The lowest BCUT2D eigenvalue weighted by Gasteiger charge is -1.97. The third kappa shape index (κ3) is 3.74. The molecule has 2 heterocycles. The average molecular weight is 342 g/mol. The van der Waals surface area contributed by atoms with E-state index in [-0.39, 0.29) is 18.1 Å². The summed E-state index contributed by atoms with van der Waals surface area (Å²) < 4.78 is 5.14. The molecule has 0 aliphatic carbocycles. The molecular weight excluding hydrogens is 330 g/mol. The van der Waals surface area contributed by atoms with Crippen LogP contribution in [0, 0.1) is 10.1 Å². The van der Waals surface area contributed by atoms with Crippen LogP contribution in [0.15, 0.2) is 33.8 Å². The molecule has 3 rings (SSSR count). The Kier molecular flexibility index (Phi) is 5.34. The molecule has 0 bridgehead atoms. The molecule has 0 saturated heterocycles. The van der Waals surface area contributed by atoms with Gasteiger partial charge in [-0.3, -0.25) is 15.1 Å². The van der Waals surface area contributed by atoms with E-state index in [1.165, 1.54) is 23.9 Å². The Morgan fingerprint density at radius 3 is 3.05 bits per heavy atom. The molecule has 10 heteroatoms. The molecular formula is C12H12ClN5O3S. The highest BCUT2D eigenvalue weighted by Crippen LogP contribution is 2.22. The second kappa shape index (κ2) is 7.23. The highest BCUT2D eigenvalue weighted by Gasteiger charge is 2.14. The van der Waals surface area contributed by atoms with Crippen LogP contribution in [0.5, 0.6) is 0 Å². The van der Waals surface area contributed by atoms with Crippen molar-refractivity contribution < 1.29 is 9.45 Å². The molecule has 22 heavy (non-hydrogen) atoms. The van der Waals surface area contributed by atoms with Crippen molar-refractivity contribution >= 4 is 35.0 Å². The Morgan fingerprint density at radius 1 is 1.45 bits per heavy atom. The zero-order valence-electron chi connectivity index (χ0n) is 11.3. The van der Waals surface area contributed by atoms with Crippen molar-refractivity contribution in [2.45, 2.75) is 5.75 Å². The van der Waals surface area contributed by atoms with Crippen LogP contribution >= 0.6 is 24.2 Å². The van der Waals surface area contributed by atoms with Crippen molar-refractivity contribution in [1.29, 1.82) is 0 Å². The first kappa shape index (κ1) is 16.2. The molecule has 2 aromatic rings.